The predicted molar refractivity (Wildman–Crippen MR) is 362 cm³/mol. The minimum atomic E-state index is -0.788. The van der Waals surface area contributed by atoms with Crippen molar-refractivity contribution in [1.29, 1.82) is 0 Å². The molecule has 83 heavy (non-hydrogen) atoms. The van der Waals surface area contributed by atoms with Gasteiger partial charge in [0.05, 0.1) is 0 Å². The molecule has 0 aliphatic carbocycles. The van der Waals surface area contributed by atoms with Gasteiger partial charge in [-0.1, -0.05) is 316 Å². The maximum atomic E-state index is 12.9. The minimum Gasteiger partial charge on any atom is -0.462 e. The van der Waals surface area contributed by atoms with E-state index in [2.05, 4.69) is 142 Å². The molecular formula is C77H130O6. The highest BCUT2D eigenvalue weighted by molar-refractivity contribution is 5.71. The number of carbonyl (C=O) groups excluding carboxylic acids is 3. The van der Waals surface area contributed by atoms with Gasteiger partial charge in [-0.15, -0.1) is 0 Å². The third kappa shape index (κ3) is 68.5. The third-order valence-corrected chi connectivity index (χ3v) is 15.0. The summed E-state index contributed by atoms with van der Waals surface area (Å²) < 4.78 is 16.9. The van der Waals surface area contributed by atoms with Crippen LogP contribution in [0.4, 0.5) is 0 Å². The summed E-state index contributed by atoms with van der Waals surface area (Å²) in [6, 6.07) is 0. The number of ether oxygens (including phenoxy) is 3. The van der Waals surface area contributed by atoms with Crippen molar-refractivity contribution in [3.8, 4) is 0 Å². The number of unbranched alkanes of at least 4 members (excludes halogenated alkanes) is 32. The predicted octanol–water partition coefficient (Wildman–Crippen LogP) is 24.3. The van der Waals surface area contributed by atoms with Crippen LogP contribution in [0.1, 0.15) is 329 Å². The van der Waals surface area contributed by atoms with Crippen LogP contribution in [-0.2, 0) is 28.6 Å². The fourth-order valence-corrected chi connectivity index (χ4v) is 9.73. The van der Waals surface area contributed by atoms with E-state index in [9.17, 15) is 14.4 Å². The monoisotopic (exact) mass is 1150 g/mol. The van der Waals surface area contributed by atoms with Crippen LogP contribution in [0.15, 0.2) is 122 Å². The molecule has 1 atom stereocenters. The molecule has 0 saturated heterocycles. The van der Waals surface area contributed by atoms with Crippen molar-refractivity contribution in [3.63, 3.8) is 0 Å². The fraction of sp³-hybridized carbons (Fsp3) is 0.701. The van der Waals surface area contributed by atoms with Gasteiger partial charge < -0.3 is 14.2 Å². The first-order chi connectivity index (χ1) is 41.0. The summed E-state index contributed by atoms with van der Waals surface area (Å²) in [6.07, 6.45) is 97.9. The van der Waals surface area contributed by atoms with Crippen LogP contribution in [0.5, 0.6) is 0 Å². The average molecular weight is 1150 g/mol. The molecule has 0 aromatic rings. The van der Waals surface area contributed by atoms with E-state index in [4.69, 9.17) is 14.2 Å². The van der Waals surface area contributed by atoms with Crippen molar-refractivity contribution in [2.45, 2.75) is 335 Å². The van der Waals surface area contributed by atoms with Crippen LogP contribution in [0.3, 0.4) is 0 Å². The first-order valence-corrected chi connectivity index (χ1v) is 35.0. The maximum Gasteiger partial charge on any atom is 0.306 e. The molecule has 0 heterocycles. The lowest BCUT2D eigenvalue weighted by Gasteiger charge is -2.18. The quantitative estimate of drug-likeness (QED) is 0.0261. The molecule has 0 N–H and O–H groups in total. The molecule has 474 valence electrons. The standard InChI is InChI=1S/C77H130O6/c1-4-7-10-13-16-19-22-24-26-28-30-32-33-34-35-36-37-38-39-40-41-42-43-45-46-48-50-52-55-58-61-64-67-70-76(79)82-73-74(72-81-75(78)69-66-63-60-57-54-21-18-15-12-9-6-3)83-77(80)71-68-65-62-59-56-53-51-49-47-44-31-29-27-25-23-20-17-14-11-8-5-2/h7,10,16,19,23-26,29-32,34-35,37-38,40-41,47,49,74H,4-6,8-9,11-15,17-18,20-22,27-28,33,36,39,42-46,48,50-73H2,1-3H3/b10-7-,19-16-,25-23-,26-24-,31-29-,32-30-,35-34-,38-37-,41-40-,49-47-. The third-order valence-electron chi connectivity index (χ3n) is 15.0. The van der Waals surface area contributed by atoms with Crippen molar-refractivity contribution in [2.75, 3.05) is 13.2 Å². The number of hydrogen-bond donors (Lipinski definition) is 0. The van der Waals surface area contributed by atoms with Gasteiger partial charge in [0, 0.05) is 19.3 Å². The van der Waals surface area contributed by atoms with Gasteiger partial charge in [0.2, 0.25) is 0 Å². The molecule has 0 aliphatic heterocycles. The molecule has 0 saturated carbocycles. The highest BCUT2D eigenvalue weighted by atomic mass is 16.6. The normalized spacial score (nSPS) is 12.9. The molecule has 0 rings (SSSR count). The Kier molecular flexibility index (Phi) is 66.7. The van der Waals surface area contributed by atoms with Crippen LogP contribution in [0.2, 0.25) is 0 Å². The van der Waals surface area contributed by atoms with Crippen LogP contribution < -0.4 is 0 Å². The Balaban J connectivity index is 4.24. The minimum absolute atomic E-state index is 0.0824. The van der Waals surface area contributed by atoms with Gasteiger partial charge in [0.25, 0.3) is 0 Å². The zero-order valence-electron chi connectivity index (χ0n) is 54.4. The Bertz CT molecular complexity index is 1700. The molecule has 0 aliphatic rings. The Morgan fingerprint density at radius 1 is 0.253 bits per heavy atom. The van der Waals surface area contributed by atoms with Gasteiger partial charge in [-0.3, -0.25) is 14.4 Å². The van der Waals surface area contributed by atoms with Crippen LogP contribution in [-0.4, -0.2) is 37.2 Å². The lowest BCUT2D eigenvalue weighted by Crippen LogP contribution is -2.30. The second kappa shape index (κ2) is 70.3. The molecule has 0 aromatic carbocycles. The second-order valence-corrected chi connectivity index (χ2v) is 23.1. The van der Waals surface area contributed by atoms with Crippen molar-refractivity contribution in [3.05, 3.63) is 122 Å². The number of allylic oxidation sites excluding steroid dienone is 20. The number of rotatable bonds is 63. The van der Waals surface area contributed by atoms with E-state index in [-0.39, 0.29) is 31.1 Å². The van der Waals surface area contributed by atoms with E-state index < -0.39 is 6.10 Å². The summed E-state index contributed by atoms with van der Waals surface area (Å²) in [7, 11) is 0. The number of hydrogen-bond acceptors (Lipinski definition) is 6. The molecule has 0 bridgehead atoms. The Morgan fingerprint density at radius 3 is 0.735 bits per heavy atom. The highest BCUT2D eigenvalue weighted by Gasteiger charge is 2.19. The zero-order chi connectivity index (χ0) is 59.9. The summed E-state index contributed by atoms with van der Waals surface area (Å²) >= 11 is 0. The number of esters is 3. The average Bonchev–Trinajstić information content (AvgIpc) is 3.48. The Hall–Kier alpha value is -4.19. The fourth-order valence-electron chi connectivity index (χ4n) is 9.73. The summed E-state index contributed by atoms with van der Waals surface area (Å²) in [6.45, 7) is 6.52. The molecule has 0 aromatic heterocycles. The van der Waals surface area contributed by atoms with E-state index in [1.54, 1.807) is 0 Å². The van der Waals surface area contributed by atoms with Gasteiger partial charge in [0.15, 0.2) is 6.10 Å². The smallest absolute Gasteiger partial charge is 0.306 e. The lowest BCUT2D eigenvalue weighted by atomic mass is 10.0. The first kappa shape index (κ1) is 78.8. The van der Waals surface area contributed by atoms with E-state index in [1.165, 1.54) is 161 Å². The van der Waals surface area contributed by atoms with Crippen molar-refractivity contribution >= 4 is 17.9 Å². The van der Waals surface area contributed by atoms with Crippen LogP contribution >= 0.6 is 0 Å². The van der Waals surface area contributed by atoms with Gasteiger partial charge >= 0.3 is 17.9 Å². The van der Waals surface area contributed by atoms with Crippen molar-refractivity contribution < 1.29 is 28.6 Å². The van der Waals surface area contributed by atoms with E-state index in [1.807, 2.05) is 0 Å². The zero-order valence-corrected chi connectivity index (χ0v) is 54.4. The van der Waals surface area contributed by atoms with E-state index in [0.29, 0.717) is 19.3 Å². The molecule has 6 heteroatoms. The van der Waals surface area contributed by atoms with E-state index >= 15 is 0 Å². The topological polar surface area (TPSA) is 78.9 Å². The lowest BCUT2D eigenvalue weighted by molar-refractivity contribution is -0.167. The van der Waals surface area contributed by atoms with Gasteiger partial charge in [-0.2, -0.15) is 0 Å². The molecule has 0 spiro atoms. The summed E-state index contributed by atoms with van der Waals surface area (Å²) in [4.78, 5) is 38.4. The summed E-state index contributed by atoms with van der Waals surface area (Å²) in [5.41, 5.74) is 0. The first-order valence-electron chi connectivity index (χ1n) is 35.0. The van der Waals surface area contributed by atoms with Crippen LogP contribution in [0.25, 0.3) is 0 Å². The van der Waals surface area contributed by atoms with Crippen molar-refractivity contribution in [2.24, 2.45) is 0 Å². The van der Waals surface area contributed by atoms with Gasteiger partial charge in [0.1, 0.15) is 13.2 Å². The summed E-state index contributed by atoms with van der Waals surface area (Å²) in [5.74, 6) is -0.889. The van der Waals surface area contributed by atoms with E-state index in [0.717, 1.165) is 128 Å². The van der Waals surface area contributed by atoms with Gasteiger partial charge in [-0.25, -0.2) is 0 Å². The Morgan fingerprint density at radius 2 is 0.470 bits per heavy atom. The SMILES string of the molecule is CC/C=C\C/C=C\C/C=C\C/C=C\C/C=C\C/C=C\C/C=C\CCCCCCCCCCCCCC(=O)OCC(COC(=O)CCCCCCCCCCCCC)OC(=O)CCCCCCCC/C=C\C/C=C\C/C=C\CCCCCCC. The molecule has 0 radical (unpaired) electrons. The van der Waals surface area contributed by atoms with Crippen molar-refractivity contribution in [1.82, 2.24) is 0 Å². The molecule has 1 unspecified atom stereocenters. The molecule has 0 fully saturated rings. The summed E-state index contributed by atoms with van der Waals surface area (Å²) in [5, 5.41) is 0. The van der Waals surface area contributed by atoms with Gasteiger partial charge in [-0.05, 0) is 116 Å². The molecule has 6 nitrogen and oxygen atoms in total. The highest BCUT2D eigenvalue weighted by Crippen LogP contribution is 2.16. The number of carbonyl (C=O) groups is 3. The second-order valence-electron chi connectivity index (χ2n) is 23.1. The van der Waals surface area contributed by atoms with Crippen LogP contribution in [0, 0.1) is 0 Å². The molecule has 0 amide bonds. The largest absolute Gasteiger partial charge is 0.462 e. The molecular weight excluding hydrogens is 1020 g/mol. The Labute approximate surface area is 513 Å². The maximum absolute atomic E-state index is 12.9.